The Morgan fingerprint density at radius 2 is 1.69 bits per heavy atom. The first-order valence-corrected chi connectivity index (χ1v) is 9.62. The summed E-state index contributed by atoms with van der Waals surface area (Å²) in [5.41, 5.74) is 5.14. The third kappa shape index (κ3) is 2.18. The number of nitrogens with one attached hydrogen (secondary N) is 2. The maximum atomic E-state index is 5.62. The molecule has 2 unspecified atom stereocenters. The molecule has 2 bridgehead atoms. The van der Waals surface area contributed by atoms with Gasteiger partial charge in [-0.1, -0.05) is 18.2 Å². The lowest BCUT2D eigenvalue weighted by atomic mass is 9.83. The van der Waals surface area contributed by atoms with Crippen LogP contribution in [0.3, 0.4) is 0 Å². The molecule has 0 spiro atoms. The minimum atomic E-state index is 0.315. The number of H-pyrrole nitrogens is 1. The van der Waals surface area contributed by atoms with E-state index in [2.05, 4.69) is 46.7 Å². The number of hydrogen-bond donors (Lipinski definition) is 2. The molecule has 0 saturated carbocycles. The van der Waals surface area contributed by atoms with E-state index in [-0.39, 0.29) is 0 Å². The van der Waals surface area contributed by atoms with Crippen molar-refractivity contribution in [2.75, 3.05) is 6.79 Å². The van der Waals surface area contributed by atoms with E-state index in [1.807, 2.05) is 6.07 Å². The Kier molecular flexibility index (Phi) is 3.12. The van der Waals surface area contributed by atoms with Crippen molar-refractivity contribution >= 4 is 10.9 Å². The molecule has 3 aliphatic heterocycles. The molecule has 3 aliphatic rings. The molecule has 6 rings (SSSR count). The Morgan fingerprint density at radius 1 is 0.885 bits per heavy atom. The van der Waals surface area contributed by atoms with Crippen molar-refractivity contribution in [1.82, 2.24) is 10.3 Å². The van der Waals surface area contributed by atoms with Crippen molar-refractivity contribution < 1.29 is 9.47 Å². The smallest absolute Gasteiger partial charge is 0.231 e. The summed E-state index contributed by atoms with van der Waals surface area (Å²) >= 11 is 0. The van der Waals surface area contributed by atoms with Gasteiger partial charge in [0.2, 0.25) is 6.79 Å². The lowest BCUT2D eigenvalue weighted by Crippen LogP contribution is -2.37. The highest BCUT2D eigenvalue weighted by Crippen LogP contribution is 2.45. The topological polar surface area (TPSA) is 46.3 Å². The van der Waals surface area contributed by atoms with Crippen LogP contribution in [0.15, 0.2) is 42.5 Å². The van der Waals surface area contributed by atoms with Gasteiger partial charge in [-0.15, -0.1) is 0 Å². The number of para-hydroxylation sites is 1. The Balaban J connectivity index is 1.52. The van der Waals surface area contributed by atoms with Crippen molar-refractivity contribution in [2.24, 2.45) is 0 Å². The second-order valence-electron chi connectivity index (χ2n) is 7.83. The Bertz CT molecular complexity index is 981. The van der Waals surface area contributed by atoms with Gasteiger partial charge in [-0.25, -0.2) is 0 Å². The summed E-state index contributed by atoms with van der Waals surface area (Å²) in [5, 5.41) is 5.14. The van der Waals surface area contributed by atoms with Crippen LogP contribution >= 0.6 is 0 Å². The highest BCUT2D eigenvalue weighted by Gasteiger charge is 2.36. The maximum Gasteiger partial charge on any atom is 0.231 e. The second kappa shape index (κ2) is 5.52. The first-order chi connectivity index (χ1) is 12.8. The van der Waals surface area contributed by atoms with Crippen molar-refractivity contribution in [3.63, 3.8) is 0 Å². The molecule has 1 aromatic heterocycles. The quantitative estimate of drug-likeness (QED) is 0.715. The lowest BCUT2D eigenvalue weighted by molar-refractivity contribution is 0.174. The van der Waals surface area contributed by atoms with Crippen LogP contribution in [0.5, 0.6) is 11.5 Å². The molecule has 2 N–H and O–H groups in total. The van der Waals surface area contributed by atoms with Gasteiger partial charge in [-0.05, 0) is 61.4 Å². The number of benzene rings is 2. The zero-order valence-electron chi connectivity index (χ0n) is 14.6. The summed E-state index contributed by atoms with van der Waals surface area (Å²) in [6.07, 6.45) is 5.11. The van der Waals surface area contributed by atoms with Gasteiger partial charge in [0.05, 0.1) is 5.69 Å². The van der Waals surface area contributed by atoms with Gasteiger partial charge in [0.25, 0.3) is 0 Å². The molecular weight excluding hydrogens is 324 g/mol. The molecular formula is C22H22N2O2. The molecule has 3 aromatic rings. The number of hydrogen-bond acceptors (Lipinski definition) is 3. The lowest BCUT2D eigenvalue weighted by Gasteiger charge is -2.30. The molecule has 0 radical (unpaired) electrons. The zero-order valence-corrected chi connectivity index (χ0v) is 14.6. The van der Waals surface area contributed by atoms with Gasteiger partial charge < -0.3 is 19.8 Å². The van der Waals surface area contributed by atoms with E-state index in [1.54, 1.807) is 0 Å². The zero-order chi connectivity index (χ0) is 17.1. The van der Waals surface area contributed by atoms with Gasteiger partial charge in [-0.3, -0.25) is 0 Å². The average molecular weight is 346 g/mol. The van der Waals surface area contributed by atoms with Crippen molar-refractivity contribution in [3.8, 4) is 22.8 Å². The van der Waals surface area contributed by atoms with Crippen LogP contribution in [-0.2, 0) is 0 Å². The fourth-order valence-electron chi connectivity index (χ4n) is 5.16. The van der Waals surface area contributed by atoms with Gasteiger partial charge in [0, 0.05) is 28.6 Å². The third-order valence-electron chi connectivity index (χ3n) is 6.29. The van der Waals surface area contributed by atoms with Crippen LogP contribution in [0.4, 0.5) is 0 Å². The molecule has 4 nitrogen and oxygen atoms in total. The fraction of sp³-hybridized carbons (Fsp3) is 0.364. The average Bonchev–Trinajstić information content (AvgIpc) is 3.37. The van der Waals surface area contributed by atoms with E-state index < -0.39 is 0 Å². The number of fused-ring (bicyclic) bond motifs is 4. The molecule has 2 aromatic carbocycles. The van der Waals surface area contributed by atoms with Crippen molar-refractivity contribution in [3.05, 3.63) is 48.0 Å². The summed E-state index contributed by atoms with van der Waals surface area (Å²) in [6, 6.07) is 16.4. The van der Waals surface area contributed by atoms with Crippen molar-refractivity contribution in [1.29, 1.82) is 0 Å². The largest absolute Gasteiger partial charge is 0.454 e. The van der Waals surface area contributed by atoms with Crippen LogP contribution in [0.1, 0.15) is 37.2 Å². The number of ether oxygens (including phenoxy) is 2. The molecule has 0 amide bonds. The summed E-state index contributed by atoms with van der Waals surface area (Å²) in [5.74, 6) is 2.29. The second-order valence-corrected chi connectivity index (χ2v) is 7.83. The predicted molar refractivity (Wildman–Crippen MR) is 102 cm³/mol. The minimum absolute atomic E-state index is 0.315. The van der Waals surface area contributed by atoms with Crippen molar-refractivity contribution in [2.45, 2.75) is 43.7 Å². The van der Waals surface area contributed by atoms with Crippen LogP contribution in [-0.4, -0.2) is 23.9 Å². The minimum Gasteiger partial charge on any atom is -0.454 e. The van der Waals surface area contributed by atoms with Gasteiger partial charge >= 0.3 is 0 Å². The Labute approximate surface area is 152 Å². The molecule has 2 fully saturated rings. The molecule has 4 heterocycles. The standard InChI is InChI=1S/C22H22N2O2/c1-2-4-18-17(3-1)21(14-9-15-6-7-16(10-14)23-15)22(24-18)13-5-8-19-20(11-13)26-12-25-19/h1-5,8,11,14-16,23-24H,6-7,9-10,12H2. The van der Waals surface area contributed by atoms with Gasteiger partial charge in [0.15, 0.2) is 11.5 Å². The molecule has 2 saturated heterocycles. The SMILES string of the molecule is c1ccc2c(C3CC4CCC(C3)N4)c(-c3ccc4c(c3)OCO4)[nH]c2c1. The summed E-state index contributed by atoms with van der Waals surface area (Å²) in [7, 11) is 0. The van der Waals surface area contributed by atoms with Crippen LogP contribution in [0.25, 0.3) is 22.2 Å². The van der Waals surface area contributed by atoms with E-state index >= 15 is 0 Å². The van der Waals surface area contributed by atoms with Gasteiger partial charge in [0.1, 0.15) is 0 Å². The number of aromatic amines is 1. The first-order valence-electron chi connectivity index (χ1n) is 9.62. The summed E-state index contributed by atoms with van der Waals surface area (Å²) in [6.45, 7) is 0.315. The Morgan fingerprint density at radius 3 is 2.58 bits per heavy atom. The van der Waals surface area contributed by atoms with Crippen LogP contribution < -0.4 is 14.8 Å². The number of rotatable bonds is 2. The maximum absolute atomic E-state index is 5.62. The highest BCUT2D eigenvalue weighted by molar-refractivity contribution is 5.91. The van der Waals surface area contributed by atoms with E-state index in [9.17, 15) is 0 Å². The Hall–Kier alpha value is -2.46. The van der Waals surface area contributed by atoms with E-state index in [0.29, 0.717) is 24.8 Å². The number of aromatic nitrogens is 1. The summed E-state index contributed by atoms with van der Waals surface area (Å²) < 4.78 is 11.1. The fourth-order valence-corrected chi connectivity index (χ4v) is 5.16. The van der Waals surface area contributed by atoms with Crippen LogP contribution in [0, 0.1) is 0 Å². The molecule has 4 heteroatoms. The first kappa shape index (κ1) is 14.7. The monoisotopic (exact) mass is 346 g/mol. The van der Waals surface area contributed by atoms with E-state index in [0.717, 1.165) is 11.5 Å². The number of piperidine rings is 1. The summed E-state index contributed by atoms with van der Waals surface area (Å²) in [4.78, 5) is 3.70. The molecule has 0 aliphatic carbocycles. The third-order valence-corrected chi connectivity index (χ3v) is 6.29. The molecule has 132 valence electrons. The molecule has 26 heavy (non-hydrogen) atoms. The van der Waals surface area contributed by atoms with Gasteiger partial charge in [-0.2, -0.15) is 0 Å². The van der Waals surface area contributed by atoms with E-state index in [1.165, 1.54) is 53.4 Å². The highest BCUT2D eigenvalue weighted by atomic mass is 16.7. The molecule has 2 atom stereocenters. The van der Waals surface area contributed by atoms with Crippen LogP contribution in [0.2, 0.25) is 0 Å². The normalized spacial score (nSPS) is 26.5. The predicted octanol–water partition coefficient (Wildman–Crippen LogP) is 4.56. The van der Waals surface area contributed by atoms with E-state index in [4.69, 9.17) is 9.47 Å².